The number of benzene rings is 1. The van der Waals surface area contributed by atoms with Crippen LogP contribution in [0.5, 0.6) is 0 Å². The highest BCUT2D eigenvalue weighted by Gasteiger charge is 2.50. The third-order valence-corrected chi connectivity index (χ3v) is 7.28. The first kappa shape index (κ1) is 19.8. The fraction of sp³-hybridized carbons (Fsp3) is 0.579. The molecule has 1 aliphatic carbocycles. The molecule has 1 N–H and O–H groups in total. The zero-order chi connectivity index (χ0) is 19.7. The molecule has 2 fully saturated rings. The van der Waals surface area contributed by atoms with E-state index in [-0.39, 0.29) is 23.4 Å². The van der Waals surface area contributed by atoms with Crippen LogP contribution in [0.2, 0.25) is 0 Å². The van der Waals surface area contributed by atoms with Gasteiger partial charge in [-0.05, 0) is 30.5 Å². The van der Waals surface area contributed by atoms with Gasteiger partial charge in [0.25, 0.3) is 5.91 Å². The first-order valence-corrected chi connectivity index (χ1v) is 10.9. The third-order valence-electron chi connectivity index (χ3n) is 5.47. The van der Waals surface area contributed by atoms with Gasteiger partial charge < -0.3 is 5.32 Å². The van der Waals surface area contributed by atoms with Crippen molar-refractivity contribution in [2.24, 2.45) is 0 Å². The molecule has 0 aromatic heterocycles. The maximum Gasteiger partial charge on any atom is 0.325 e. The normalized spacial score (nSPS) is 20.6. The molecule has 3 rings (SSSR count). The van der Waals surface area contributed by atoms with Crippen LogP contribution < -0.4 is 5.32 Å². The lowest BCUT2D eigenvalue weighted by molar-refractivity contribution is -0.132. The summed E-state index contributed by atoms with van der Waals surface area (Å²) in [7, 11) is -0.626. The second-order valence-corrected chi connectivity index (χ2v) is 9.76. The Morgan fingerprint density at radius 3 is 2.33 bits per heavy atom. The van der Waals surface area contributed by atoms with Gasteiger partial charge in [0, 0.05) is 14.1 Å². The summed E-state index contributed by atoms with van der Waals surface area (Å²) in [5.41, 5.74) is -0.172. The molecule has 1 heterocycles. The monoisotopic (exact) mass is 393 g/mol. The van der Waals surface area contributed by atoms with Crippen LogP contribution in [0.3, 0.4) is 0 Å². The molecule has 2 aliphatic rings. The number of carbonyl (C=O) groups is 2. The first-order valence-electron chi connectivity index (χ1n) is 9.42. The lowest BCUT2D eigenvalue weighted by Gasteiger charge is -2.28. The minimum absolute atomic E-state index is 0.0726. The van der Waals surface area contributed by atoms with Gasteiger partial charge in [0.15, 0.2) is 0 Å². The Balaban J connectivity index is 1.82. The zero-order valence-electron chi connectivity index (χ0n) is 15.9. The average Bonchev–Trinajstić information content (AvgIpc) is 2.83. The Morgan fingerprint density at radius 1 is 1.07 bits per heavy atom. The van der Waals surface area contributed by atoms with Gasteiger partial charge in [0.2, 0.25) is 10.0 Å². The van der Waals surface area contributed by atoms with Crippen molar-refractivity contribution < 1.29 is 18.0 Å². The van der Waals surface area contributed by atoms with Crippen LogP contribution in [0, 0.1) is 0 Å². The number of hydrogen-bond donors (Lipinski definition) is 1. The van der Waals surface area contributed by atoms with Gasteiger partial charge in [0.1, 0.15) is 5.54 Å². The van der Waals surface area contributed by atoms with Crippen molar-refractivity contribution >= 4 is 22.0 Å². The quantitative estimate of drug-likeness (QED) is 0.796. The van der Waals surface area contributed by atoms with Crippen LogP contribution in [-0.2, 0) is 21.4 Å². The summed E-state index contributed by atoms with van der Waals surface area (Å²) < 4.78 is 25.8. The number of urea groups is 1. The largest absolute Gasteiger partial charge is 0.325 e. The van der Waals surface area contributed by atoms with Crippen LogP contribution in [0.15, 0.2) is 29.2 Å². The number of nitrogens with one attached hydrogen (secondary N) is 1. The highest BCUT2D eigenvalue weighted by Crippen LogP contribution is 2.33. The molecule has 1 saturated heterocycles. The smallest absolute Gasteiger partial charge is 0.323 e. The molecule has 7 nitrogen and oxygen atoms in total. The van der Waals surface area contributed by atoms with Crippen LogP contribution in [0.25, 0.3) is 0 Å². The third kappa shape index (κ3) is 3.87. The van der Waals surface area contributed by atoms with Crippen LogP contribution in [0.1, 0.15) is 50.5 Å². The van der Waals surface area contributed by atoms with Gasteiger partial charge in [-0.3, -0.25) is 9.69 Å². The minimum Gasteiger partial charge on any atom is -0.323 e. The SMILES string of the molecule is CN(C)S(=O)(=O)c1cccc(CN2C(=O)NC3(CCCCCCC3)C2=O)c1. The minimum atomic E-state index is -3.57. The van der Waals surface area contributed by atoms with Crippen molar-refractivity contribution in [2.45, 2.75) is 61.9 Å². The molecule has 1 spiro atoms. The lowest BCUT2D eigenvalue weighted by atomic mass is 9.84. The van der Waals surface area contributed by atoms with Crippen LogP contribution in [-0.4, -0.2) is 49.2 Å². The predicted octanol–water partition coefficient (Wildman–Crippen LogP) is 2.47. The van der Waals surface area contributed by atoms with E-state index in [1.165, 1.54) is 37.5 Å². The predicted molar refractivity (Wildman–Crippen MR) is 101 cm³/mol. The van der Waals surface area contributed by atoms with E-state index in [2.05, 4.69) is 5.32 Å². The maximum atomic E-state index is 13.1. The topological polar surface area (TPSA) is 86.8 Å². The molecule has 3 amide bonds. The highest BCUT2D eigenvalue weighted by atomic mass is 32.2. The van der Waals surface area contributed by atoms with Crippen molar-refractivity contribution in [2.75, 3.05) is 14.1 Å². The molecule has 1 aromatic carbocycles. The molecule has 1 aromatic rings. The number of carbonyl (C=O) groups excluding carboxylic acids is 2. The summed E-state index contributed by atoms with van der Waals surface area (Å²) >= 11 is 0. The Labute approximate surface area is 160 Å². The van der Waals surface area contributed by atoms with E-state index >= 15 is 0 Å². The molecular weight excluding hydrogens is 366 g/mol. The van der Waals surface area contributed by atoms with Crippen molar-refractivity contribution in [3.8, 4) is 0 Å². The van der Waals surface area contributed by atoms with Gasteiger partial charge >= 0.3 is 6.03 Å². The summed E-state index contributed by atoms with van der Waals surface area (Å²) in [5, 5.41) is 2.93. The van der Waals surface area contributed by atoms with Gasteiger partial charge in [0.05, 0.1) is 11.4 Å². The Bertz CT molecular complexity index is 827. The van der Waals surface area contributed by atoms with Crippen LogP contribution >= 0.6 is 0 Å². The van der Waals surface area contributed by atoms with Crippen LogP contribution in [0.4, 0.5) is 4.79 Å². The Morgan fingerprint density at radius 2 is 1.70 bits per heavy atom. The fourth-order valence-electron chi connectivity index (χ4n) is 3.87. The van der Waals surface area contributed by atoms with Crippen molar-refractivity contribution in [3.63, 3.8) is 0 Å². The van der Waals surface area contributed by atoms with Gasteiger partial charge in [-0.25, -0.2) is 17.5 Å². The molecular formula is C19H27N3O4S. The van der Waals surface area contributed by atoms with Gasteiger partial charge in [-0.15, -0.1) is 0 Å². The molecule has 1 aliphatic heterocycles. The molecule has 0 atom stereocenters. The van der Waals surface area contributed by atoms with Crippen molar-refractivity contribution in [1.29, 1.82) is 0 Å². The summed E-state index contributed by atoms with van der Waals surface area (Å²) in [5.74, 6) is -0.185. The van der Waals surface area contributed by atoms with Crippen molar-refractivity contribution in [1.82, 2.24) is 14.5 Å². The van der Waals surface area contributed by atoms with E-state index in [1.807, 2.05) is 0 Å². The van der Waals surface area contributed by atoms with E-state index in [4.69, 9.17) is 0 Å². The van der Waals surface area contributed by atoms with E-state index in [1.54, 1.807) is 12.1 Å². The molecule has 148 valence electrons. The second kappa shape index (κ2) is 7.59. The fourth-order valence-corrected chi connectivity index (χ4v) is 4.84. The number of sulfonamides is 1. The maximum absolute atomic E-state index is 13.1. The van der Waals surface area contributed by atoms with Gasteiger partial charge in [-0.2, -0.15) is 0 Å². The van der Waals surface area contributed by atoms with E-state index in [0.717, 1.165) is 30.0 Å². The zero-order valence-corrected chi connectivity index (χ0v) is 16.7. The Kier molecular flexibility index (Phi) is 5.58. The number of rotatable bonds is 4. The number of nitrogens with zero attached hydrogens (tertiary/aromatic N) is 2. The number of amides is 3. The summed E-state index contributed by atoms with van der Waals surface area (Å²) in [6, 6.07) is 6.02. The highest BCUT2D eigenvalue weighted by molar-refractivity contribution is 7.89. The number of imide groups is 1. The van der Waals surface area contributed by atoms with E-state index in [0.29, 0.717) is 18.4 Å². The lowest BCUT2D eigenvalue weighted by Crippen LogP contribution is -2.47. The van der Waals surface area contributed by atoms with E-state index in [9.17, 15) is 18.0 Å². The van der Waals surface area contributed by atoms with E-state index < -0.39 is 15.6 Å². The molecule has 0 unspecified atom stereocenters. The molecule has 8 heteroatoms. The summed E-state index contributed by atoms with van der Waals surface area (Å²) in [6.07, 6.45) is 6.53. The second-order valence-electron chi connectivity index (χ2n) is 7.61. The Hall–Kier alpha value is -1.93. The molecule has 27 heavy (non-hydrogen) atoms. The number of hydrogen-bond acceptors (Lipinski definition) is 4. The summed E-state index contributed by atoms with van der Waals surface area (Å²) in [4.78, 5) is 27.0. The standard InChI is InChI=1S/C19H27N3O4S/c1-21(2)27(25,26)16-10-8-9-15(13-16)14-22-17(23)19(20-18(22)24)11-6-4-3-5-7-12-19/h8-10,13H,3-7,11-12,14H2,1-2H3,(H,20,24). The molecule has 0 bridgehead atoms. The van der Waals surface area contributed by atoms with Crippen molar-refractivity contribution in [3.05, 3.63) is 29.8 Å². The first-order chi connectivity index (χ1) is 12.8. The van der Waals surface area contributed by atoms with Gasteiger partial charge in [-0.1, -0.05) is 44.2 Å². The molecule has 0 radical (unpaired) electrons. The molecule has 1 saturated carbocycles. The average molecular weight is 394 g/mol. The summed E-state index contributed by atoms with van der Waals surface area (Å²) in [6.45, 7) is 0.0726.